The summed E-state index contributed by atoms with van der Waals surface area (Å²) < 4.78 is -0.461. The first-order valence-electron chi connectivity index (χ1n) is 4.04. The lowest BCUT2D eigenvalue weighted by Crippen LogP contribution is -2.23. The molecule has 1 amide bonds. The predicted molar refractivity (Wildman–Crippen MR) is 53.6 cm³/mol. The van der Waals surface area contributed by atoms with Crippen molar-refractivity contribution in [3.63, 3.8) is 0 Å². The molecule has 0 unspecified atom stereocenters. The maximum atomic E-state index is 11.2. The highest BCUT2D eigenvalue weighted by molar-refractivity contribution is 6.98. The number of carbonyl (C=O) groups excluding carboxylic acids is 2. The number of phenols is 1. The Hall–Kier alpha value is -1.31. The molecule has 0 heterocycles. The van der Waals surface area contributed by atoms with Crippen molar-refractivity contribution in [3.8, 4) is 5.75 Å². The smallest absolute Gasteiger partial charge is 0.457 e. The van der Waals surface area contributed by atoms with Gasteiger partial charge in [0.05, 0.1) is 10.3 Å². The maximum Gasteiger partial charge on any atom is 0.457 e. The van der Waals surface area contributed by atoms with Crippen LogP contribution in [0.1, 0.15) is 6.92 Å². The van der Waals surface area contributed by atoms with Crippen LogP contribution < -0.4 is 5.32 Å². The summed E-state index contributed by atoms with van der Waals surface area (Å²) in [6.07, 6.45) is 0. The first-order chi connectivity index (χ1) is 6.59. The van der Waals surface area contributed by atoms with Gasteiger partial charge in [-0.3, -0.25) is 4.79 Å². The number of para-hydroxylation sites is 2. The number of rotatable bonds is 3. The largest absolute Gasteiger partial charge is 0.506 e. The fourth-order valence-electron chi connectivity index (χ4n) is 0.933. The third kappa shape index (κ3) is 3.21. The molecule has 0 fully saturated rings. The molecule has 1 radical (unpaired) electrons. The van der Waals surface area contributed by atoms with Crippen LogP contribution in [-0.2, 0) is 4.79 Å². The van der Waals surface area contributed by atoms with Crippen molar-refractivity contribution < 1.29 is 14.7 Å². The molecule has 71 valence electrons. The lowest BCUT2D eigenvalue weighted by Gasteiger charge is -2.05. The molecule has 1 aromatic rings. The second kappa shape index (κ2) is 4.80. The van der Waals surface area contributed by atoms with Crippen LogP contribution in [-0.4, -0.2) is 29.7 Å². The Balaban J connectivity index is 2.65. The van der Waals surface area contributed by atoms with Crippen LogP contribution >= 0.6 is 0 Å². The van der Waals surface area contributed by atoms with Gasteiger partial charge in [0.15, 0.2) is 0 Å². The van der Waals surface area contributed by atoms with E-state index in [0.717, 1.165) is 0 Å². The average Bonchev–Trinajstić information content (AvgIpc) is 2.07. The van der Waals surface area contributed by atoms with Gasteiger partial charge in [0.1, 0.15) is 10.5 Å². The van der Waals surface area contributed by atoms with Crippen LogP contribution in [0.15, 0.2) is 24.3 Å². The van der Waals surface area contributed by atoms with Crippen molar-refractivity contribution in [2.24, 2.45) is 0 Å². The fourth-order valence-corrected chi connectivity index (χ4v) is 1.53. The lowest BCUT2D eigenvalue weighted by molar-refractivity contribution is -0.110. The molecule has 0 aliphatic rings. The first kappa shape index (κ1) is 10.8. The Morgan fingerprint density at radius 1 is 1.36 bits per heavy atom. The number of benzene rings is 1. The van der Waals surface area contributed by atoms with Gasteiger partial charge in [-0.05, 0) is 19.1 Å². The zero-order valence-electron chi connectivity index (χ0n) is 7.65. The maximum absolute atomic E-state index is 11.2. The Morgan fingerprint density at radius 2 is 2.00 bits per heavy atom. The van der Waals surface area contributed by atoms with E-state index in [1.54, 1.807) is 18.2 Å². The topological polar surface area (TPSA) is 66.4 Å². The molecular weight excluding hydrogens is 197 g/mol. The summed E-state index contributed by atoms with van der Waals surface area (Å²) >= 11 is -0.903. The van der Waals surface area contributed by atoms with Crippen molar-refractivity contribution in [1.82, 2.24) is 0 Å². The molecule has 0 bridgehead atoms. The van der Waals surface area contributed by atoms with Gasteiger partial charge in [-0.2, -0.15) is 0 Å². The molecule has 0 aliphatic heterocycles. The van der Waals surface area contributed by atoms with Gasteiger partial charge in [-0.15, -0.1) is 0 Å². The van der Waals surface area contributed by atoms with E-state index < -0.39 is 15.2 Å². The molecule has 0 atom stereocenters. The second-order valence-electron chi connectivity index (χ2n) is 2.76. The van der Waals surface area contributed by atoms with Crippen molar-refractivity contribution in [2.75, 3.05) is 5.32 Å². The van der Waals surface area contributed by atoms with Crippen molar-refractivity contribution in [1.29, 1.82) is 0 Å². The number of hydrogen-bond donors (Lipinski definition) is 2. The molecule has 0 aliphatic carbocycles. The van der Waals surface area contributed by atoms with E-state index in [-0.39, 0.29) is 15.2 Å². The van der Waals surface area contributed by atoms with E-state index in [2.05, 4.69) is 5.32 Å². The molecule has 4 nitrogen and oxygen atoms in total. The lowest BCUT2D eigenvalue weighted by atomic mass is 10.3. The Bertz CT molecular complexity index is 365. The van der Waals surface area contributed by atoms with Crippen LogP contribution in [0.4, 0.5) is 10.5 Å². The van der Waals surface area contributed by atoms with Gasteiger partial charge in [0.25, 0.3) is 0 Å². The highest BCUT2D eigenvalue weighted by Gasteiger charge is 2.11. The van der Waals surface area contributed by atoms with Crippen LogP contribution in [0.3, 0.4) is 0 Å². The minimum absolute atomic E-state index is 0.00352. The van der Waals surface area contributed by atoms with Gasteiger partial charge in [-0.25, -0.2) is 0 Å². The summed E-state index contributed by atoms with van der Waals surface area (Å²) in [7, 11) is 0. The molecule has 14 heavy (non-hydrogen) atoms. The molecule has 0 saturated heterocycles. The van der Waals surface area contributed by atoms with E-state index in [0.29, 0.717) is 5.69 Å². The fraction of sp³-hybridized carbons (Fsp3) is 0.111. The molecule has 0 saturated carbocycles. The summed E-state index contributed by atoms with van der Waals surface area (Å²) in [6, 6.07) is 6.40. The summed E-state index contributed by atoms with van der Waals surface area (Å²) in [4.78, 5) is 21.8. The van der Waals surface area contributed by atoms with Crippen LogP contribution in [0, 0.1) is 0 Å². The Morgan fingerprint density at radius 3 is 2.57 bits per heavy atom. The number of aromatic hydroxyl groups is 1. The van der Waals surface area contributed by atoms with Gasteiger partial charge in [-0.1, -0.05) is 12.1 Å². The molecule has 2 N–H and O–H groups in total. The van der Waals surface area contributed by atoms with Gasteiger partial charge >= 0.3 is 15.2 Å². The molecule has 5 heteroatoms. The van der Waals surface area contributed by atoms with E-state index in [9.17, 15) is 14.7 Å². The highest BCUT2D eigenvalue weighted by atomic mass is 27.1. The van der Waals surface area contributed by atoms with Crippen molar-refractivity contribution in [2.45, 2.75) is 6.92 Å². The SMILES string of the molecule is C[C](=O)[Al][C](=O)Nc1ccccc1O. The average molecular weight is 206 g/mol. The normalized spacial score (nSPS) is 9.21. The molecule has 0 spiro atoms. The third-order valence-corrected chi connectivity index (χ3v) is 2.31. The Kier molecular flexibility index (Phi) is 3.69. The minimum Gasteiger partial charge on any atom is -0.506 e. The number of nitrogens with one attached hydrogen (secondary N) is 1. The predicted octanol–water partition coefficient (Wildman–Crippen LogP) is 1.17. The summed E-state index contributed by atoms with van der Waals surface area (Å²) in [5.41, 5.74) is 0.339. The van der Waals surface area contributed by atoms with Crippen LogP contribution in [0.2, 0.25) is 0 Å². The van der Waals surface area contributed by atoms with E-state index in [4.69, 9.17) is 0 Å². The molecule has 1 rings (SSSR count). The molecule has 0 aromatic heterocycles. The second-order valence-corrected chi connectivity index (χ2v) is 4.39. The summed E-state index contributed by atoms with van der Waals surface area (Å²) in [6.45, 7) is 1.37. The minimum atomic E-state index is -0.903. The first-order valence-corrected chi connectivity index (χ1v) is 5.19. The number of hydrogen-bond acceptors (Lipinski definition) is 3. The zero-order chi connectivity index (χ0) is 10.6. The van der Waals surface area contributed by atoms with Gasteiger partial charge in [0.2, 0.25) is 0 Å². The number of anilines is 1. The van der Waals surface area contributed by atoms with Gasteiger partial charge in [0, 0.05) is 0 Å². The highest BCUT2D eigenvalue weighted by Crippen LogP contribution is 2.21. The summed E-state index contributed by atoms with van der Waals surface area (Å²) in [5.74, 6) is 0.00352. The third-order valence-electron chi connectivity index (χ3n) is 1.50. The molecule has 1 aromatic carbocycles. The number of amides is 1. The van der Waals surface area contributed by atoms with Crippen molar-refractivity contribution in [3.05, 3.63) is 24.3 Å². The van der Waals surface area contributed by atoms with E-state index in [1.165, 1.54) is 13.0 Å². The number of phenolic OH excluding ortho intramolecular Hbond substituents is 1. The standard InChI is InChI=1S/C7H6NO2.C2H3O.Al/c9-5-8-6-3-1-2-4-7(6)10;1-2-3;/h1-4,10H,(H,8,9);1H3;. The summed E-state index contributed by atoms with van der Waals surface area (Å²) in [5, 5.41) is 11.8. The van der Waals surface area contributed by atoms with E-state index >= 15 is 0 Å². The van der Waals surface area contributed by atoms with Gasteiger partial charge < -0.3 is 15.2 Å². The van der Waals surface area contributed by atoms with E-state index in [1.807, 2.05) is 0 Å². The quantitative estimate of drug-likeness (QED) is 0.576. The monoisotopic (exact) mass is 206 g/mol. The van der Waals surface area contributed by atoms with Crippen LogP contribution in [0.5, 0.6) is 5.75 Å². The number of carbonyl (C=O) groups is 2. The zero-order valence-corrected chi connectivity index (χ0v) is 8.81. The van der Waals surface area contributed by atoms with Crippen LogP contribution in [0.25, 0.3) is 0 Å². The Labute approximate surface area is 87.6 Å². The van der Waals surface area contributed by atoms with Crippen molar-refractivity contribution >= 4 is 30.3 Å². The molecular formula is C9H9AlNO3.